The molecule has 0 aliphatic rings. The molecular formula is C20H29N7O2. The van der Waals surface area contributed by atoms with Crippen LogP contribution in [0.2, 0.25) is 0 Å². The molecule has 29 heavy (non-hydrogen) atoms. The van der Waals surface area contributed by atoms with Crippen LogP contribution in [-0.2, 0) is 5.60 Å². The monoisotopic (exact) mass is 399 g/mol. The fourth-order valence-electron chi connectivity index (χ4n) is 3.24. The van der Waals surface area contributed by atoms with Gasteiger partial charge in [0.1, 0.15) is 11.3 Å². The van der Waals surface area contributed by atoms with Gasteiger partial charge < -0.3 is 20.5 Å². The van der Waals surface area contributed by atoms with E-state index in [-0.39, 0.29) is 6.04 Å². The molecule has 3 aromatic heterocycles. The van der Waals surface area contributed by atoms with Gasteiger partial charge in [-0.1, -0.05) is 13.3 Å². The minimum Gasteiger partial charge on any atom is -0.493 e. The molecule has 0 aliphatic heterocycles. The first-order valence-corrected chi connectivity index (χ1v) is 9.77. The highest BCUT2D eigenvalue weighted by Gasteiger charge is 2.25. The summed E-state index contributed by atoms with van der Waals surface area (Å²) >= 11 is 0. The predicted molar refractivity (Wildman–Crippen MR) is 112 cm³/mol. The van der Waals surface area contributed by atoms with E-state index in [1.165, 1.54) is 0 Å². The molecule has 0 aromatic carbocycles. The Kier molecular flexibility index (Phi) is 6.29. The lowest BCUT2D eigenvalue weighted by Crippen LogP contribution is -2.31. The van der Waals surface area contributed by atoms with E-state index in [2.05, 4.69) is 37.6 Å². The number of aromatic nitrogens is 5. The van der Waals surface area contributed by atoms with E-state index in [4.69, 9.17) is 4.74 Å². The van der Waals surface area contributed by atoms with Crippen LogP contribution < -0.4 is 15.4 Å². The third-order valence-electron chi connectivity index (χ3n) is 4.61. The van der Waals surface area contributed by atoms with E-state index in [0.717, 1.165) is 24.9 Å². The van der Waals surface area contributed by atoms with Gasteiger partial charge in [0.25, 0.3) is 0 Å². The summed E-state index contributed by atoms with van der Waals surface area (Å²) in [6, 6.07) is 2.07. The molecular weight excluding hydrogens is 370 g/mol. The maximum Gasteiger partial charge on any atom is 0.223 e. The summed E-state index contributed by atoms with van der Waals surface area (Å²) in [7, 11) is 3.48. The minimum absolute atomic E-state index is 0.244. The van der Waals surface area contributed by atoms with E-state index in [1.54, 1.807) is 44.1 Å². The first kappa shape index (κ1) is 20.9. The van der Waals surface area contributed by atoms with Crippen molar-refractivity contribution < 1.29 is 9.84 Å². The number of nitrogens with zero attached hydrogens (tertiary/aromatic N) is 5. The van der Waals surface area contributed by atoms with Gasteiger partial charge >= 0.3 is 0 Å². The number of anilines is 1. The molecule has 0 saturated heterocycles. The van der Waals surface area contributed by atoms with E-state index < -0.39 is 5.60 Å². The van der Waals surface area contributed by atoms with Crippen molar-refractivity contribution in [3.05, 3.63) is 30.4 Å². The van der Waals surface area contributed by atoms with E-state index in [9.17, 15) is 5.11 Å². The van der Waals surface area contributed by atoms with Crippen LogP contribution in [0.4, 0.5) is 5.95 Å². The summed E-state index contributed by atoms with van der Waals surface area (Å²) in [6.07, 6.45) is 7.22. The summed E-state index contributed by atoms with van der Waals surface area (Å²) in [5, 5.41) is 21.5. The normalized spacial score (nSPS) is 12.9. The second kappa shape index (κ2) is 8.71. The number of likely N-dealkylation sites (N-methyl/N-ethyl adjacent to an activating group) is 1. The van der Waals surface area contributed by atoms with E-state index in [1.807, 2.05) is 13.1 Å². The molecule has 9 heteroatoms. The first-order valence-electron chi connectivity index (χ1n) is 9.77. The van der Waals surface area contributed by atoms with Crippen LogP contribution in [0.15, 0.2) is 24.7 Å². The van der Waals surface area contributed by atoms with Crippen LogP contribution in [0, 0.1) is 0 Å². The third-order valence-corrected chi connectivity index (χ3v) is 4.61. The second-order valence-electron chi connectivity index (χ2n) is 7.50. The molecule has 3 rings (SSSR count). The van der Waals surface area contributed by atoms with Crippen LogP contribution in [0.1, 0.15) is 39.3 Å². The molecule has 0 radical (unpaired) electrons. The predicted octanol–water partition coefficient (Wildman–Crippen LogP) is 2.22. The molecule has 0 saturated carbocycles. The number of hydrogen-bond donors (Lipinski definition) is 3. The van der Waals surface area contributed by atoms with Gasteiger partial charge in [0.2, 0.25) is 5.95 Å². The van der Waals surface area contributed by atoms with Crippen molar-refractivity contribution in [3.8, 4) is 17.0 Å². The number of nitrogens with one attached hydrogen (secondary N) is 2. The molecule has 0 bridgehead atoms. The lowest BCUT2D eigenvalue weighted by atomic mass is 10.0. The number of methoxy groups -OCH3 is 1. The standard InChI is InChI=1S/C20H29N7O2/c1-6-7-13(10-21-4)24-19-22-9-8-15(25-19)14-11-23-27-12-16(29-5)17(20(2,3)28)26-18(14)27/h8-9,11-13,21,28H,6-7,10H2,1-5H3,(H,22,24,25). The summed E-state index contributed by atoms with van der Waals surface area (Å²) in [5.74, 6) is 1.03. The van der Waals surface area contributed by atoms with Crippen molar-refractivity contribution >= 4 is 11.6 Å². The lowest BCUT2D eigenvalue weighted by Gasteiger charge is -2.19. The Morgan fingerprint density at radius 1 is 1.31 bits per heavy atom. The number of ether oxygens (including phenoxy) is 1. The van der Waals surface area contributed by atoms with Crippen LogP contribution in [0.5, 0.6) is 5.75 Å². The van der Waals surface area contributed by atoms with Gasteiger partial charge in [-0.05, 0) is 33.4 Å². The Morgan fingerprint density at radius 2 is 2.10 bits per heavy atom. The number of fused-ring (bicyclic) bond motifs is 1. The van der Waals surface area contributed by atoms with Gasteiger partial charge in [0.15, 0.2) is 11.4 Å². The molecule has 3 heterocycles. The van der Waals surface area contributed by atoms with E-state index >= 15 is 0 Å². The van der Waals surface area contributed by atoms with Crippen LogP contribution in [0.3, 0.4) is 0 Å². The van der Waals surface area contributed by atoms with Crippen molar-refractivity contribution in [3.63, 3.8) is 0 Å². The van der Waals surface area contributed by atoms with Crippen LogP contribution in [0.25, 0.3) is 16.9 Å². The summed E-state index contributed by atoms with van der Waals surface area (Å²) in [5.41, 5.74) is 1.33. The first-order chi connectivity index (χ1) is 13.9. The van der Waals surface area contributed by atoms with Crippen molar-refractivity contribution in [2.45, 2.75) is 45.3 Å². The average molecular weight is 399 g/mol. The molecule has 156 valence electrons. The fraction of sp³-hybridized carbons (Fsp3) is 0.500. The quantitative estimate of drug-likeness (QED) is 0.502. The average Bonchev–Trinajstić information content (AvgIpc) is 3.10. The van der Waals surface area contributed by atoms with Crippen LogP contribution >= 0.6 is 0 Å². The Labute approximate surface area is 170 Å². The van der Waals surface area contributed by atoms with Crippen molar-refractivity contribution in [1.82, 2.24) is 29.9 Å². The highest BCUT2D eigenvalue weighted by atomic mass is 16.5. The summed E-state index contributed by atoms with van der Waals surface area (Å²) < 4.78 is 7.00. The number of hydrogen-bond acceptors (Lipinski definition) is 8. The molecule has 1 unspecified atom stereocenters. The SMILES string of the molecule is CCCC(CNC)Nc1nccc(-c2cnn3cc(OC)c(C(C)(C)O)nc23)n1. The van der Waals surface area contributed by atoms with Gasteiger partial charge in [0, 0.05) is 18.8 Å². The number of aliphatic hydroxyl groups is 1. The highest BCUT2D eigenvalue weighted by molar-refractivity contribution is 5.75. The van der Waals surface area contributed by atoms with Gasteiger partial charge in [-0.25, -0.2) is 19.5 Å². The smallest absolute Gasteiger partial charge is 0.223 e. The molecule has 0 amide bonds. The Morgan fingerprint density at radius 3 is 2.76 bits per heavy atom. The van der Waals surface area contributed by atoms with Crippen LogP contribution in [-0.4, -0.2) is 56.4 Å². The van der Waals surface area contributed by atoms with E-state index in [0.29, 0.717) is 28.7 Å². The van der Waals surface area contributed by atoms with Crippen molar-refractivity contribution in [1.29, 1.82) is 0 Å². The lowest BCUT2D eigenvalue weighted by molar-refractivity contribution is 0.0707. The van der Waals surface area contributed by atoms with Crippen molar-refractivity contribution in [2.24, 2.45) is 0 Å². The van der Waals surface area contributed by atoms with Crippen molar-refractivity contribution in [2.75, 3.05) is 26.0 Å². The summed E-state index contributed by atoms with van der Waals surface area (Å²) in [6.45, 7) is 6.33. The van der Waals surface area contributed by atoms with Gasteiger partial charge in [-0.3, -0.25) is 0 Å². The van der Waals surface area contributed by atoms with Gasteiger partial charge in [-0.15, -0.1) is 0 Å². The molecule has 3 N–H and O–H groups in total. The van der Waals surface area contributed by atoms with Gasteiger partial charge in [-0.2, -0.15) is 5.10 Å². The zero-order valence-electron chi connectivity index (χ0n) is 17.6. The zero-order chi connectivity index (χ0) is 21.0. The Bertz CT molecular complexity index is 959. The number of rotatable bonds is 9. The molecule has 0 spiro atoms. The Balaban J connectivity index is 2.00. The topological polar surface area (TPSA) is 109 Å². The largest absolute Gasteiger partial charge is 0.493 e. The molecule has 0 aliphatic carbocycles. The minimum atomic E-state index is -1.16. The highest BCUT2D eigenvalue weighted by Crippen LogP contribution is 2.31. The molecule has 1 atom stereocenters. The van der Waals surface area contributed by atoms with Gasteiger partial charge in [0.05, 0.1) is 30.8 Å². The second-order valence-corrected chi connectivity index (χ2v) is 7.50. The fourth-order valence-corrected chi connectivity index (χ4v) is 3.24. The molecule has 3 aromatic rings. The third kappa shape index (κ3) is 4.63. The zero-order valence-corrected chi connectivity index (χ0v) is 17.6. The molecule has 0 fully saturated rings. The Hall–Kier alpha value is -2.78. The molecule has 9 nitrogen and oxygen atoms in total. The maximum absolute atomic E-state index is 10.5. The maximum atomic E-state index is 10.5. The summed E-state index contributed by atoms with van der Waals surface area (Å²) in [4.78, 5) is 13.7.